The summed E-state index contributed by atoms with van der Waals surface area (Å²) in [6.07, 6.45) is 1.97. The minimum Gasteiger partial charge on any atom is -0.508 e. The fourth-order valence-corrected chi connectivity index (χ4v) is 1.89. The molecule has 0 fully saturated rings. The standard InChI is InChI=1S/C9H13NOS/c1-6(10)9-7(11)4-3-5-8(9)12-2/h3-6,11H,10H2,1-2H3. The Hall–Kier alpha value is -0.670. The number of hydrogen-bond acceptors (Lipinski definition) is 3. The average Bonchev–Trinajstić information content (AvgIpc) is 2.03. The number of benzene rings is 1. The van der Waals surface area contributed by atoms with Crippen LogP contribution in [0.5, 0.6) is 5.75 Å². The van der Waals surface area contributed by atoms with E-state index in [4.69, 9.17) is 5.73 Å². The molecule has 66 valence electrons. The van der Waals surface area contributed by atoms with Crippen LogP contribution in [0.3, 0.4) is 0 Å². The zero-order chi connectivity index (χ0) is 9.14. The first-order valence-corrected chi connectivity index (χ1v) is 5.00. The number of phenolic OH excluding ortho intramolecular Hbond substituents is 1. The number of thioether (sulfide) groups is 1. The van der Waals surface area contributed by atoms with Crippen LogP contribution in [0.2, 0.25) is 0 Å². The largest absolute Gasteiger partial charge is 0.508 e. The van der Waals surface area contributed by atoms with Crippen LogP contribution in [0, 0.1) is 0 Å². The molecule has 2 nitrogen and oxygen atoms in total. The zero-order valence-corrected chi connectivity index (χ0v) is 8.06. The fraction of sp³-hybridized carbons (Fsp3) is 0.333. The highest BCUT2D eigenvalue weighted by Crippen LogP contribution is 2.31. The molecule has 0 radical (unpaired) electrons. The molecule has 0 spiro atoms. The maximum absolute atomic E-state index is 9.50. The van der Waals surface area contributed by atoms with Crippen LogP contribution < -0.4 is 5.73 Å². The molecule has 0 saturated heterocycles. The molecule has 1 unspecified atom stereocenters. The summed E-state index contributed by atoms with van der Waals surface area (Å²) in [5.41, 5.74) is 6.56. The summed E-state index contributed by atoms with van der Waals surface area (Å²) in [7, 11) is 0. The second-order valence-corrected chi connectivity index (χ2v) is 3.53. The highest BCUT2D eigenvalue weighted by Gasteiger charge is 2.10. The van der Waals surface area contributed by atoms with Gasteiger partial charge in [-0.05, 0) is 25.3 Å². The highest BCUT2D eigenvalue weighted by molar-refractivity contribution is 7.98. The van der Waals surface area contributed by atoms with Gasteiger partial charge in [0.05, 0.1) is 0 Å². The van der Waals surface area contributed by atoms with E-state index in [2.05, 4.69) is 0 Å². The van der Waals surface area contributed by atoms with E-state index in [1.807, 2.05) is 25.3 Å². The van der Waals surface area contributed by atoms with Crippen LogP contribution >= 0.6 is 11.8 Å². The predicted octanol–water partition coefficient (Wildman–Crippen LogP) is 2.13. The first-order chi connectivity index (χ1) is 5.66. The lowest BCUT2D eigenvalue weighted by molar-refractivity contribution is 0.461. The smallest absolute Gasteiger partial charge is 0.121 e. The van der Waals surface area contributed by atoms with Crippen molar-refractivity contribution in [1.29, 1.82) is 0 Å². The summed E-state index contributed by atoms with van der Waals surface area (Å²) < 4.78 is 0. The fourth-order valence-electron chi connectivity index (χ4n) is 1.17. The summed E-state index contributed by atoms with van der Waals surface area (Å²) >= 11 is 1.60. The van der Waals surface area contributed by atoms with E-state index in [0.717, 1.165) is 10.5 Å². The first-order valence-electron chi connectivity index (χ1n) is 3.78. The molecule has 0 aliphatic carbocycles. The van der Waals surface area contributed by atoms with Crippen molar-refractivity contribution in [2.24, 2.45) is 5.73 Å². The SMILES string of the molecule is CSc1cccc(O)c1C(C)N. The van der Waals surface area contributed by atoms with Gasteiger partial charge in [0.15, 0.2) is 0 Å². The van der Waals surface area contributed by atoms with Crippen molar-refractivity contribution in [3.63, 3.8) is 0 Å². The van der Waals surface area contributed by atoms with Crippen molar-refractivity contribution < 1.29 is 5.11 Å². The molecule has 3 heteroatoms. The molecule has 1 atom stereocenters. The van der Waals surface area contributed by atoms with Gasteiger partial charge < -0.3 is 10.8 Å². The molecular weight excluding hydrogens is 170 g/mol. The van der Waals surface area contributed by atoms with Gasteiger partial charge in [-0.3, -0.25) is 0 Å². The molecule has 0 aromatic heterocycles. The molecule has 1 aromatic carbocycles. The molecule has 0 aliphatic rings. The monoisotopic (exact) mass is 183 g/mol. The Morgan fingerprint density at radius 1 is 1.50 bits per heavy atom. The Labute approximate surface area is 76.8 Å². The van der Waals surface area contributed by atoms with Gasteiger partial charge in [0.25, 0.3) is 0 Å². The Morgan fingerprint density at radius 3 is 2.58 bits per heavy atom. The molecule has 1 aromatic rings. The van der Waals surface area contributed by atoms with Gasteiger partial charge in [-0.2, -0.15) is 0 Å². The van der Waals surface area contributed by atoms with Crippen molar-refractivity contribution in [3.8, 4) is 5.75 Å². The van der Waals surface area contributed by atoms with Gasteiger partial charge in [-0.1, -0.05) is 6.07 Å². The predicted molar refractivity (Wildman–Crippen MR) is 52.5 cm³/mol. The van der Waals surface area contributed by atoms with Gasteiger partial charge in [0, 0.05) is 16.5 Å². The van der Waals surface area contributed by atoms with E-state index in [1.54, 1.807) is 17.8 Å². The lowest BCUT2D eigenvalue weighted by Gasteiger charge is -2.12. The lowest BCUT2D eigenvalue weighted by Crippen LogP contribution is -2.06. The third-order valence-electron chi connectivity index (χ3n) is 1.72. The Bertz CT molecular complexity index is 273. The molecule has 0 heterocycles. The minimum atomic E-state index is -0.117. The number of rotatable bonds is 2. The van der Waals surface area contributed by atoms with Crippen molar-refractivity contribution in [1.82, 2.24) is 0 Å². The molecular formula is C9H13NOS. The summed E-state index contributed by atoms with van der Waals surface area (Å²) in [5.74, 6) is 0.289. The van der Waals surface area contributed by atoms with Crippen LogP contribution in [0.15, 0.2) is 23.1 Å². The van der Waals surface area contributed by atoms with E-state index >= 15 is 0 Å². The lowest BCUT2D eigenvalue weighted by atomic mass is 10.1. The van der Waals surface area contributed by atoms with Crippen LogP contribution in [0.1, 0.15) is 18.5 Å². The van der Waals surface area contributed by atoms with Crippen molar-refractivity contribution in [2.75, 3.05) is 6.26 Å². The third-order valence-corrected chi connectivity index (χ3v) is 2.51. The van der Waals surface area contributed by atoms with Crippen molar-refractivity contribution in [2.45, 2.75) is 17.9 Å². The van der Waals surface area contributed by atoms with Crippen molar-refractivity contribution >= 4 is 11.8 Å². The number of hydrogen-bond donors (Lipinski definition) is 2. The zero-order valence-electron chi connectivity index (χ0n) is 7.24. The van der Waals surface area contributed by atoms with Crippen LogP contribution in [0.25, 0.3) is 0 Å². The molecule has 12 heavy (non-hydrogen) atoms. The summed E-state index contributed by atoms with van der Waals surface area (Å²) in [6, 6.07) is 5.34. The molecule has 3 N–H and O–H groups in total. The van der Waals surface area contributed by atoms with Crippen molar-refractivity contribution in [3.05, 3.63) is 23.8 Å². The summed E-state index contributed by atoms with van der Waals surface area (Å²) in [6.45, 7) is 1.87. The Morgan fingerprint density at radius 2 is 2.17 bits per heavy atom. The average molecular weight is 183 g/mol. The van der Waals surface area contributed by atoms with Gasteiger partial charge in [-0.25, -0.2) is 0 Å². The molecule has 1 rings (SSSR count). The van der Waals surface area contributed by atoms with Gasteiger partial charge in [-0.15, -0.1) is 11.8 Å². The van der Waals surface area contributed by atoms with E-state index in [9.17, 15) is 5.11 Å². The normalized spacial score (nSPS) is 12.9. The van der Waals surface area contributed by atoms with Crippen LogP contribution in [-0.4, -0.2) is 11.4 Å². The maximum Gasteiger partial charge on any atom is 0.121 e. The summed E-state index contributed by atoms with van der Waals surface area (Å²) in [5, 5.41) is 9.50. The molecule has 0 aliphatic heterocycles. The van der Waals surface area contributed by atoms with Crippen LogP contribution in [0.4, 0.5) is 0 Å². The Balaban J connectivity index is 3.20. The van der Waals surface area contributed by atoms with Crippen LogP contribution in [-0.2, 0) is 0 Å². The maximum atomic E-state index is 9.50. The molecule has 0 amide bonds. The van der Waals surface area contributed by atoms with E-state index in [-0.39, 0.29) is 11.8 Å². The van der Waals surface area contributed by atoms with Gasteiger partial charge in [0.1, 0.15) is 5.75 Å². The quantitative estimate of drug-likeness (QED) is 0.690. The highest BCUT2D eigenvalue weighted by atomic mass is 32.2. The summed E-state index contributed by atoms with van der Waals surface area (Å²) in [4.78, 5) is 1.05. The molecule has 0 saturated carbocycles. The number of nitrogens with two attached hydrogens (primary N) is 1. The molecule has 0 bridgehead atoms. The number of aromatic hydroxyl groups is 1. The van der Waals surface area contributed by atoms with Gasteiger partial charge >= 0.3 is 0 Å². The van der Waals surface area contributed by atoms with E-state index < -0.39 is 0 Å². The van der Waals surface area contributed by atoms with E-state index in [0.29, 0.717) is 0 Å². The topological polar surface area (TPSA) is 46.2 Å². The minimum absolute atomic E-state index is 0.117. The second-order valence-electron chi connectivity index (χ2n) is 2.68. The third kappa shape index (κ3) is 1.73. The van der Waals surface area contributed by atoms with Gasteiger partial charge in [0.2, 0.25) is 0 Å². The number of phenols is 1. The Kier molecular flexibility index (Phi) is 3.00. The first kappa shape index (κ1) is 9.42. The second kappa shape index (κ2) is 3.83. The van der Waals surface area contributed by atoms with E-state index in [1.165, 1.54) is 0 Å².